The summed E-state index contributed by atoms with van der Waals surface area (Å²) in [6.45, 7) is 1.20. The maximum absolute atomic E-state index is 12.3. The van der Waals surface area contributed by atoms with Gasteiger partial charge in [0, 0.05) is 18.7 Å². The molecule has 3 aromatic rings. The number of aromatic nitrogens is 3. The second-order valence-corrected chi connectivity index (χ2v) is 8.36. The van der Waals surface area contributed by atoms with Crippen molar-refractivity contribution in [3.05, 3.63) is 48.0 Å². The van der Waals surface area contributed by atoms with Gasteiger partial charge in [0.2, 0.25) is 5.89 Å². The van der Waals surface area contributed by atoms with Crippen molar-refractivity contribution in [3.63, 3.8) is 0 Å². The fourth-order valence-corrected chi connectivity index (χ4v) is 4.19. The Bertz CT molecular complexity index is 1220. The second kappa shape index (κ2) is 10.2. The molecule has 2 aliphatic heterocycles. The molecule has 1 fully saturated rings. The largest absolute Gasteiger partial charge is 1.00 e. The zero-order valence-corrected chi connectivity index (χ0v) is 23.0. The molecule has 0 N–H and O–H groups in total. The second-order valence-electron chi connectivity index (χ2n) is 7.21. The minimum Gasteiger partial charge on any atom is -0.790 e. The molecule has 5 rings (SSSR count). The first-order valence-corrected chi connectivity index (χ1v) is 10.8. The quantitative estimate of drug-likeness (QED) is 0.253. The Morgan fingerprint density at radius 1 is 1.18 bits per heavy atom. The van der Waals surface area contributed by atoms with Gasteiger partial charge in [-0.1, -0.05) is 12.1 Å². The molecule has 14 heteroatoms. The van der Waals surface area contributed by atoms with E-state index in [1.165, 1.54) is 4.90 Å². The Kier molecular flexibility index (Phi) is 8.23. The van der Waals surface area contributed by atoms with Gasteiger partial charge in [0.15, 0.2) is 0 Å². The predicted molar refractivity (Wildman–Crippen MR) is 102 cm³/mol. The summed E-state index contributed by atoms with van der Waals surface area (Å²) < 4.78 is 25.7. The normalized spacial score (nSPS) is 18.8. The summed E-state index contributed by atoms with van der Waals surface area (Å²) in [4.78, 5) is 39.7. The van der Waals surface area contributed by atoms with E-state index in [2.05, 4.69) is 19.7 Å². The molecule has 1 amide bonds. The third-order valence-electron chi connectivity index (χ3n) is 5.22. The summed E-state index contributed by atoms with van der Waals surface area (Å²) in [5, 5.41) is 7.74. The van der Waals surface area contributed by atoms with Gasteiger partial charge in [-0.15, -0.1) is 10.2 Å². The summed E-state index contributed by atoms with van der Waals surface area (Å²) >= 11 is 0. The SMILES string of the molecule is Cc1nnc(-c2ccc(-c3ccc4c(c3)C[C@H]3[C@H](COP(=O)([O-])[O-])OC(=O)N43)cn2)o1.[Na+].[Na+]. The Balaban J connectivity index is 0.00000153. The van der Waals surface area contributed by atoms with Gasteiger partial charge in [-0.25, -0.2) is 4.79 Å². The van der Waals surface area contributed by atoms with Crippen LogP contribution in [-0.4, -0.2) is 40.0 Å². The first-order chi connectivity index (χ1) is 14.8. The fourth-order valence-electron chi connectivity index (χ4n) is 3.86. The van der Waals surface area contributed by atoms with Crippen LogP contribution in [-0.2, 0) is 20.2 Å². The molecule has 1 aromatic carbocycles. The van der Waals surface area contributed by atoms with Crippen LogP contribution in [0.2, 0.25) is 0 Å². The van der Waals surface area contributed by atoms with Crippen molar-refractivity contribution in [2.45, 2.75) is 25.5 Å². The van der Waals surface area contributed by atoms with Crippen LogP contribution < -0.4 is 73.8 Å². The molecular weight excluding hydrogens is 473 g/mol. The Hall–Kier alpha value is -1.11. The molecular formula is C19H15N4Na2O7P. The molecule has 4 heterocycles. The van der Waals surface area contributed by atoms with Gasteiger partial charge in [-0.2, -0.15) is 0 Å². The molecule has 1 saturated heterocycles. The van der Waals surface area contributed by atoms with Crippen LogP contribution >= 0.6 is 7.82 Å². The van der Waals surface area contributed by atoms with Gasteiger partial charge in [-0.3, -0.25) is 9.88 Å². The molecule has 11 nitrogen and oxygen atoms in total. The monoisotopic (exact) mass is 488 g/mol. The van der Waals surface area contributed by atoms with Gasteiger partial charge < -0.3 is 28.0 Å². The Labute approximate surface area is 232 Å². The van der Waals surface area contributed by atoms with Gasteiger partial charge >= 0.3 is 65.2 Å². The maximum Gasteiger partial charge on any atom is 1.00 e. The van der Waals surface area contributed by atoms with E-state index in [1.54, 1.807) is 25.3 Å². The zero-order valence-electron chi connectivity index (χ0n) is 18.1. The number of anilines is 1. The van der Waals surface area contributed by atoms with E-state index in [0.717, 1.165) is 16.7 Å². The first-order valence-electron chi connectivity index (χ1n) is 9.35. The Morgan fingerprint density at radius 2 is 1.94 bits per heavy atom. The number of rotatable bonds is 5. The summed E-state index contributed by atoms with van der Waals surface area (Å²) in [7, 11) is -5.15. The van der Waals surface area contributed by atoms with E-state index >= 15 is 0 Å². The number of carbonyl (C=O) groups is 1. The maximum atomic E-state index is 12.3. The van der Waals surface area contributed by atoms with Crippen molar-refractivity contribution in [2.24, 2.45) is 0 Å². The van der Waals surface area contributed by atoms with Crippen LogP contribution in [0, 0.1) is 6.92 Å². The van der Waals surface area contributed by atoms with E-state index < -0.39 is 32.7 Å². The van der Waals surface area contributed by atoms with E-state index in [9.17, 15) is 19.1 Å². The molecule has 2 aliphatic rings. The van der Waals surface area contributed by atoms with Crippen molar-refractivity contribution in [2.75, 3.05) is 11.5 Å². The number of fused-ring (bicyclic) bond motifs is 3. The molecule has 0 unspecified atom stereocenters. The molecule has 160 valence electrons. The molecule has 2 atom stereocenters. The van der Waals surface area contributed by atoms with E-state index in [0.29, 0.717) is 29.6 Å². The minimum absolute atomic E-state index is 0. The first kappa shape index (κ1) is 26.5. The number of phosphoric ester groups is 1. The molecule has 0 spiro atoms. The number of carbonyl (C=O) groups excluding carboxylic acids is 1. The molecule has 2 aromatic heterocycles. The number of ether oxygens (including phenoxy) is 1. The fraction of sp³-hybridized carbons (Fsp3) is 0.263. The summed E-state index contributed by atoms with van der Waals surface area (Å²) in [5.74, 6) is 0.793. The number of phosphoric acid groups is 1. The van der Waals surface area contributed by atoms with Crippen LogP contribution in [0.4, 0.5) is 10.5 Å². The Morgan fingerprint density at radius 3 is 2.58 bits per heavy atom. The van der Waals surface area contributed by atoms with Crippen molar-refractivity contribution < 1.29 is 91.9 Å². The van der Waals surface area contributed by atoms with Gasteiger partial charge in [0.05, 0.1) is 26.2 Å². The van der Waals surface area contributed by atoms with E-state index in [-0.39, 0.29) is 59.1 Å². The molecule has 0 bridgehead atoms. The summed E-state index contributed by atoms with van der Waals surface area (Å²) in [5.41, 5.74) is 3.89. The average molecular weight is 488 g/mol. The standard InChI is InChI=1S/C19H17N4O7P.2Na/c1-10-21-22-18(29-10)14-4-2-12(8-20-14)11-3-5-15-13(6-11)7-16-17(9-28-31(25,26)27)30-19(24)23(15)16;;/h2-6,8,16-17H,7,9H2,1H3,(H2,25,26,27);;/q;2*+1/p-2/t16-,17-;;/m0../s1. The number of benzene rings is 1. The number of aryl methyl sites for hydroxylation is 1. The van der Waals surface area contributed by atoms with Crippen LogP contribution in [0.3, 0.4) is 0 Å². The van der Waals surface area contributed by atoms with Crippen molar-refractivity contribution >= 4 is 19.6 Å². The number of cyclic esters (lactones) is 1. The molecule has 0 radical (unpaired) electrons. The van der Waals surface area contributed by atoms with E-state index in [4.69, 9.17) is 9.15 Å². The number of pyridine rings is 1. The van der Waals surface area contributed by atoms with Gasteiger partial charge in [-0.05, 0) is 35.7 Å². The number of hydrogen-bond acceptors (Lipinski definition) is 10. The van der Waals surface area contributed by atoms with Gasteiger partial charge in [0.25, 0.3) is 5.89 Å². The van der Waals surface area contributed by atoms with Crippen LogP contribution in [0.5, 0.6) is 0 Å². The molecule has 0 saturated carbocycles. The predicted octanol–water partition coefficient (Wildman–Crippen LogP) is -4.79. The van der Waals surface area contributed by atoms with Crippen molar-refractivity contribution in [1.29, 1.82) is 0 Å². The van der Waals surface area contributed by atoms with Crippen LogP contribution in [0.25, 0.3) is 22.7 Å². The molecule has 33 heavy (non-hydrogen) atoms. The zero-order chi connectivity index (χ0) is 21.8. The molecule has 0 aliphatic carbocycles. The van der Waals surface area contributed by atoms with Crippen molar-refractivity contribution in [1.82, 2.24) is 15.2 Å². The smallest absolute Gasteiger partial charge is 0.790 e. The average Bonchev–Trinajstić information content (AvgIpc) is 3.41. The number of hydrogen-bond donors (Lipinski definition) is 0. The number of nitrogens with zero attached hydrogens (tertiary/aromatic N) is 4. The summed E-state index contributed by atoms with van der Waals surface area (Å²) in [6, 6.07) is 8.82. The van der Waals surface area contributed by atoms with Gasteiger partial charge in [0.1, 0.15) is 11.8 Å². The van der Waals surface area contributed by atoms with Crippen LogP contribution in [0.15, 0.2) is 40.9 Å². The minimum atomic E-state index is -5.15. The topological polar surface area (TPSA) is 154 Å². The number of amides is 1. The van der Waals surface area contributed by atoms with E-state index in [1.807, 2.05) is 18.2 Å². The van der Waals surface area contributed by atoms with Crippen LogP contribution in [0.1, 0.15) is 11.5 Å². The summed E-state index contributed by atoms with van der Waals surface area (Å²) in [6.07, 6.45) is 0.686. The third kappa shape index (κ3) is 5.43. The third-order valence-corrected chi connectivity index (χ3v) is 5.68. The van der Waals surface area contributed by atoms with Crippen molar-refractivity contribution in [3.8, 4) is 22.7 Å².